The van der Waals surface area contributed by atoms with Gasteiger partial charge in [0.1, 0.15) is 0 Å². The second kappa shape index (κ2) is 7.38. The molecule has 1 saturated heterocycles. The predicted octanol–water partition coefficient (Wildman–Crippen LogP) is 1.13. The number of pyridine rings is 1. The van der Waals surface area contributed by atoms with Crippen LogP contribution >= 0.6 is 0 Å². The average Bonchev–Trinajstić information content (AvgIpc) is 2.53. The minimum Gasteiger partial charge on any atom is -0.469 e. The Morgan fingerprint density at radius 3 is 3.10 bits per heavy atom. The van der Waals surface area contributed by atoms with Crippen LogP contribution in [0, 0.1) is 0 Å². The molecule has 1 aliphatic rings. The predicted molar refractivity (Wildman–Crippen MR) is 80.3 cm³/mol. The first-order valence-corrected chi connectivity index (χ1v) is 7.19. The summed E-state index contributed by atoms with van der Waals surface area (Å²) in [5.74, 6) is -0.237. The van der Waals surface area contributed by atoms with Crippen molar-refractivity contribution in [2.75, 3.05) is 38.8 Å². The highest BCUT2D eigenvalue weighted by Gasteiger charge is 2.21. The number of carbonyl (C=O) groups excluding carboxylic acids is 1. The van der Waals surface area contributed by atoms with Crippen molar-refractivity contribution < 1.29 is 14.3 Å². The van der Waals surface area contributed by atoms with Crippen LogP contribution in [-0.2, 0) is 14.3 Å². The van der Waals surface area contributed by atoms with Gasteiger partial charge in [-0.05, 0) is 25.6 Å². The Bertz CT molecular complexity index is 481. The lowest BCUT2D eigenvalue weighted by Crippen LogP contribution is -2.43. The Kier molecular flexibility index (Phi) is 5.52. The van der Waals surface area contributed by atoms with E-state index in [4.69, 9.17) is 9.47 Å². The zero-order valence-electron chi connectivity index (χ0n) is 12.8. The summed E-state index contributed by atoms with van der Waals surface area (Å²) in [5, 5.41) is 3.14. The first-order chi connectivity index (χ1) is 10.2. The fourth-order valence-corrected chi connectivity index (χ4v) is 2.54. The molecule has 0 aromatic carbocycles. The SMILES string of the molecule is CNC(CC(=O)OC)c1cncc(N2CCOC[C@@H]2C)c1. The van der Waals surface area contributed by atoms with Crippen molar-refractivity contribution in [3.63, 3.8) is 0 Å². The third-order valence-electron chi connectivity index (χ3n) is 3.79. The highest BCUT2D eigenvalue weighted by Crippen LogP contribution is 2.24. The van der Waals surface area contributed by atoms with Gasteiger partial charge in [0.05, 0.1) is 38.6 Å². The molecule has 0 bridgehead atoms. The van der Waals surface area contributed by atoms with Crippen LogP contribution in [0.5, 0.6) is 0 Å². The maximum atomic E-state index is 11.5. The molecule has 2 heterocycles. The fourth-order valence-electron chi connectivity index (χ4n) is 2.54. The molecule has 1 N–H and O–H groups in total. The van der Waals surface area contributed by atoms with Crippen molar-refractivity contribution >= 4 is 11.7 Å². The van der Waals surface area contributed by atoms with Crippen LogP contribution < -0.4 is 10.2 Å². The van der Waals surface area contributed by atoms with Crippen LogP contribution in [-0.4, -0.2) is 50.9 Å². The standard InChI is InChI=1S/C15H23N3O3/c1-11-10-21-5-4-18(11)13-6-12(8-17-9-13)14(16-2)7-15(19)20-3/h6,8-9,11,14,16H,4-5,7,10H2,1-3H3/t11-,14?/m0/s1. The molecule has 1 aromatic heterocycles. The fraction of sp³-hybridized carbons (Fsp3) is 0.600. The van der Waals surface area contributed by atoms with Gasteiger partial charge in [0, 0.05) is 24.8 Å². The molecule has 0 spiro atoms. The Morgan fingerprint density at radius 2 is 2.43 bits per heavy atom. The van der Waals surface area contributed by atoms with E-state index in [1.807, 2.05) is 13.2 Å². The van der Waals surface area contributed by atoms with E-state index in [1.54, 1.807) is 6.20 Å². The number of methoxy groups -OCH3 is 1. The molecule has 2 atom stereocenters. The number of carbonyl (C=O) groups is 1. The lowest BCUT2D eigenvalue weighted by atomic mass is 10.1. The molecule has 0 aliphatic carbocycles. The van der Waals surface area contributed by atoms with E-state index < -0.39 is 0 Å². The van der Waals surface area contributed by atoms with Gasteiger partial charge in [0.2, 0.25) is 0 Å². The van der Waals surface area contributed by atoms with Gasteiger partial charge >= 0.3 is 5.97 Å². The van der Waals surface area contributed by atoms with E-state index in [2.05, 4.69) is 28.2 Å². The van der Waals surface area contributed by atoms with Crippen LogP contribution in [0.3, 0.4) is 0 Å². The van der Waals surface area contributed by atoms with Crippen LogP contribution in [0.2, 0.25) is 0 Å². The van der Waals surface area contributed by atoms with E-state index in [1.165, 1.54) is 7.11 Å². The normalized spacial score (nSPS) is 20.1. The number of hydrogen-bond donors (Lipinski definition) is 1. The summed E-state index contributed by atoms with van der Waals surface area (Å²) in [6.45, 7) is 4.44. The van der Waals surface area contributed by atoms with Gasteiger partial charge in [0.15, 0.2) is 0 Å². The van der Waals surface area contributed by atoms with Gasteiger partial charge in [0.25, 0.3) is 0 Å². The number of esters is 1. The Labute approximate surface area is 125 Å². The molecule has 0 saturated carbocycles. The van der Waals surface area contributed by atoms with Crippen LogP contribution in [0.25, 0.3) is 0 Å². The Balaban J connectivity index is 2.17. The second-order valence-electron chi connectivity index (χ2n) is 5.22. The Hall–Kier alpha value is -1.66. The molecule has 116 valence electrons. The third-order valence-corrected chi connectivity index (χ3v) is 3.79. The van der Waals surface area contributed by atoms with Crippen molar-refractivity contribution in [2.45, 2.75) is 25.4 Å². The summed E-state index contributed by atoms with van der Waals surface area (Å²) in [6.07, 6.45) is 3.94. The van der Waals surface area contributed by atoms with E-state index in [0.29, 0.717) is 6.04 Å². The van der Waals surface area contributed by atoms with Crippen molar-refractivity contribution in [2.24, 2.45) is 0 Å². The average molecular weight is 293 g/mol. The summed E-state index contributed by atoms with van der Waals surface area (Å²) < 4.78 is 10.2. The molecule has 1 fully saturated rings. The van der Waals surface area contributed by atoms with Crippen LogP contribution in [0.4, 0.5) is 5.69 Å². The molecule has 0 radical (unpaired) electrons. The van der Waals surface area contributed by atoms with Gasteiger partial charge in [-0.2, -0.15) is 0 Å². The van der Waals surface area contributed by atoms with Crippen LogP contribution in [0.1, 0.15) is 24.9 Å². The molecule has 2 rings (SSSR count). The van der Waals surface area contributed by atoms with Gasteiger partial charge in [-0.15, -0.1) is 0 Å². The third kappa shape index (κ3) is 3.92. The van der Waals surface area contributed by atoms with Crippen molar-refractivity contribution in [1.82, 2.24) is 10.3 Å². The number of hydrogen-bond acceptors (Lipinski definition) is 6. The molecule has 1 aromatic rings. The molecule has 0 amide bonds. The van der Waals surface area contributed by atoms with Gasteiger partial charge < -0.3 is 19.7 Å². The number of anilines is 1. The summed E-state index contributed by atoms with van der Waals surface area (Å²) in [5.41, 5.74) is 2.05. The summed E-state index contributed by atoms with van der Waals surface area (Å²) in [7, 11) is 3.23. The van der Waals surface area contributed by atoms with Gasteiger partial charge in [-0.1, -0.05) is 0 Å². The molecule has 6 heteroatoms. The smallest absolute Gasteiger partial charge is 0.307 e. The number of aromatic nitrogens is 1. The Morgan fingerprint density at radius 1 is 1.62 bits per heavy atom. The zero-order valence-corrected chi connectivity index (χ0v) is 12.8. The maximum absolute atomic E-state index is 11.5. The number of nitrogens with zero attached hydrogens (tertiary/aromatic N) is 2. The number of rotatable bonds is 5. The highest BCUT2D eigenvalue weighted by atomic mass is 16.5. The minimum atomic E-state index is -0.237. The van der Waals surface area contributed by atoms with Gasteiger partial charge in [-0.25, -0.2) is 0 Å². The van der Waals surface area contributed by atoms with Crippen LogP contribution in [0.15, 0.2) is 18.5 Å². The largest absolute Gasteiger partial charge is 0.469 e. The highest BCUT2D eigenvalue weighted by molar-refractivity contribution is 5.70. The molecule has 21 heavy (non-hydrogen) atoms. The first-order valence-electron chi connectivity index (χ1n) is 7.19. The lowest BCUT2D eigenvalue weighted by molar-refractivity contribution is -0.141. The number of nitrogens with one attached hydrogen (secondary N) is 1. The van der Waals surface area contributed by atoms with E-state index in [0.717, 1.165) is 31.0 Å². The van der Waals surface area contributed by atoms with E-state index in [9.17, 15) is 4.79 Å². The topological polar surface area (TPSA) is 63.7 Å². The number of morpholine rings is 1. The van der Waals surface area contributed by atoms with Gasteiger partial charge in [-0.3, -0.25) is 9.78 Å². The summed E-state index contributed by atoms with van der Waals surface area (Å²) in [6, 6.07) is 2.31. The van der Waals surface area contributed by atoms with Crippen molar-refractivity contribution in [1.29, 1.82) is 0 Å². The molecule has 1 aliphatic heterocycles. The summed E-state index contributed by atoms with van der Waals surface area (Å²) >= 11 is 0. The first kappa shape index (κ1) is 15.7. The van der Waals surface area contributed by atoms with E-state index >= 15 is 0 Å². The molecule has 6 nitrogen and oxygen atoms in total. The molecular weight excluding hydrogens is 270 g/mol. The van der Waals surface area contributed by atoms with E-state index in [-0.39, 0.29) is 18.4 Å². The summed E-state index contributed by atoms with van der Waals surface area (Å²) in [4.78, 5) is 18.1. The molecular formula is C15H23N3O3. The van der Waals surface area contributed by atoms with Crippen molar-refractivity contribution in [3.05, 3.63) is 24.0 Å². The molecule has 1 unspecified atom stereocenters. The minimum absolute atomic E-state index is 0.0961. The van der Waals surface area contributed by atoms with Crippen molar-refractivity contribution in [3.8, 4) is 0 Å². The monoisotopic (exact) mass is 293 g/mol. The quantitative estimate of drug-likeness (QED) is 0.821. The number of ether oxygens (including phenoxy) is 2. The maximum Gasteiger partial charge on any atom is 0.307 e. The lowest BCUT2D eigenvalue weighted by Gasteiger charge is -2.35. The second-order valence-corrected chi connectivity index (χ2v) is 5.22. The zero-order chi connectivity index (χ0) is 15.2.